The molecule has 0 atom stereocenters. The second-order valence-electron chi connectivity index (χ2n) is 6.76. The number of carboxylic acid groups (broad SMARTS) is 1. The highest BCUT2D eigenvalue weighted by atomic mass is 16.4. The molecular weight excluding hydrogens is 356 g/mol. The summed E-state index contributed by atoms with van der Waals surface area (Å²) in [4.78, 5) is 22.6. The Bertz CT molecular complexity index is 1210. The summed E-state index contributed by atoms with van der Waals surface area (Å²) >= 11 is 0. The number of aliphatic carboxylic acids is 1. The highest BCUT2D eigenvalue weighted by Gasteiger charge is 2.17. The van der Waals surface area contributed by atoms with Gasteiger partial charge in [0.25, 0.3) is 0 Å². The molecule has 0 radical (unpaired) electrons. The Morgan fingerprint density at radius 3 is 2.68 bits per heavy atom. The van der Waals surface area contributed by atoms with Crippen LogP contribution in [-0.4, -0.2) is 16.2 Å². The van der Waals surface area contributed by atoms with Crippen molar-refractivity contribution in [2.75, 3.05) is 0 Å². The van der Waals surface area contributed by atoms with Crippen LogP contribution in [0.3, 0.4) is 0 Å². The SMILES string of the molecule is O=C(O)CCCc1cccc(-c2c3ccc(=O)cc-3oc3cc(O)ccc23)c1. The number of phenolic OH excluding ortho intramolecular Hbond substituents is 1. The minimum Gasteiger partial charge on any atom is -0.508 e. The number of hydrogen-bond acceptors (Lipinski definition) is 4. The average Bonchev–Trinajstić information content (AvgIpc) is 2.66. The standard InChI is InChI=1S/C23H18O5/c24-16-7-9-18-20(12-16)28-21-13-17(25)8-10-19(21)23(18)15-5-1-3-14(11-15)4-2-6-22(26)27/h1,3,5,7-13,24H,2,4,6H2,(H,26,27). The zero-order valence-electron chi connectivity index (χ0n) is 15.0. The van der Waals surface area contributed by atoms with Gasteiger partial charge in [-0.3, -0.25) is 9.59 Å². The first-order valence-electron chi connectivity index (χ1n) is 9.02. The summed E-state index contributed by atoms with van der Waals surface area (Å²) in [5.74, 6) is -0.259. The van der Waals surface area contributed by atoms with Crippen LogP contribution in [0.1, 0.15) is 18.4 Å². The number of hydrogen-bond donors (Lipinski definition) is 2. The van der Waals surface area contributed by atoms with Crippen molar-refractivity contribution in [2.24, 2.45) is 0 Å². The van der Waals surface area contributed by atoms with Crippen LogP contribution in [0.4, 0.5) is 0 Å². The van der Waals surface area contributed by atoms with Gasteiger partial charge in [0, 0.05) is 35.1 Å². The van der Waals surface area contributed by atoms with E-state index in [1.54, 1.807) is 18.2 Å². The molecule has 0 bridgehead atoms. The highest BCUT2D eigenvalue weighted by Crippen LogP contribution is 2.40. The van der Waals surface area contributed by atoms with Crippen molar-refractivity contribution in [3.05, 3.63) is 76.5 Å². The van der Waals surface area contributed by atoms with Gasteiger partial charge in [-0.2, -0.15) is 0 Å². The smallest absolute Gasteiger partial charge is 0.303 e. The van der Waals surface area contributed by atoms with Gasteiger partial charge in [-0.15, -0.1) is 0 Å². The highest BCUT2D eigenvalue weighted by molar-refractivity contribution is 6.02. The maximum atomic E-state index is 11.8. The fraction of sp³-hybridized carbons (Fsp3) is 0.130. The third-order valence-corrected chi connectivity index (χ3v) is 4.75. The molecule has 2 aromatic carbocycles. The van der Waals surface area contributed by atoms with Gasteiger partial charge in [0.2, 0.25) is 0 Å². The lowest BCUT2D eigenvalue weighted by Gasteiger charge is -2.16. The largest absolute Gasteiger partial charge is 0.508 e. The molecule has 1 aliphatic heterocycles. The molecule has 1 aliphatic carbocycles. The van der Waals surface area contributed by atoms with Gasteiger partial charge < -0.3 is 14.6 Å². The fourth-order valence-corrected chi connectivity index (χ4v) is 3.50. The summed E-state index contributed by atoms with van der Waals surface area (Å²) in [5.41, 5.74) is 4.05. The third-order valence-electron chi connectivity index (χ3n) is 4.75. The van der Waals surface area contributed by atoms with Gasteiger partial charge in [0.15, 0.2) is 5.43 Å². The van der Waals surface area contributed by atoms with Crippen molar-refractivity contribution in [3.63, 3.8) is 0 Å². The van der Waals surface area contributed by atoms with Crippen LogP contribution in [-0.2, 0) is 11.2 Å². The van der Waals surface area contributed by atoms with Crippen molar-refractivity contribution < 1.29 is 19.4 Å². The monoisotopic (exact) mass is 374 g/mol. The molecule has 0 saturated carbocycles. The van der Waals surface area contributed by atoms with E-state index < -0.39 is 5.97 Å². The first-order valence-corrected chi connectivity index (χ1v) is 9.02. The maximum absolute atomic E-state index is 11.8. The van der Waals surface area contributed by atoms with E-state index in [1.165, 1.54) is 18.2 Å². The van der Waals surface area contributed by atoms with Crippen LogP contribution in [0.25, 0.3) is 33.4 Å². The molecule has 1 heterocycles. The summed E-state index contributed by atoms with van der Waals surface area (Å²) in [6.07, 6.45) is 1.36. The molecule has 2 N–H and O–H groups in total. The molecule has 0 fully saturated rings. The van der Waals surface area contributed by atoms with Gasteiger partial charge in [-0.1, -0.05) is 24.3 Å². The Balaban J connectivity index is 1.89. The van der Waals surface area contributed by atoms with Crippen molar-refractivity contribution in [1.82, 2.24) is 0 Å². The number of phenols is 1. The van der Waals surface area contributed by atoms with Crippen LogP contribution in [0.15, 0.2) is 69.9 Å². The lowest BCUT2D eigenvalue weighted by Crippen LogP contribution is -2.00. The zero-order chi connectivity index (χ0) is 19.7. The van der Waals surface area contributed by atoms with Gasteiger partial charge in [0.05, 0.1) is 0 Å². The quantitative estimate of drug-likeness (QED) is 0.495. The summed E-state index contributed by atoms with van der Waals surface area (Å²) < 4.78 is 5.87. The Kier molecular flexibility index (Phi) is 4.57. The van der Waals surface area contributed by atoms with Crippen LogP contribution >= 0.6 is 0 Å². The Hall–Kier alpha value is -3.60. The molecule has 5 nitrogen and oxygen atoms in total. The molecule has 0 amide bonds. The van der Waals surface area contributed by atoms with Crippen molar-refractivity contribution in [1.29, 1.82) is 0 Å². The van der Waals surface area contributed by atoms with E-state index in [2.05, 4.69) is 0 Å². The van der Waals surface area contributed by atoms with Crippen LogP contribution in [0.5, 0.6) is 5.75 Å². The van der Waals surface area contributed by atoms with E-state index in [4.69, 9.17) is 9.52 Å². The zero-order valence-corrected chi connectivity index (χ0v) is 15.0. The van der Waals surface area contributed by atoms with E-state index in [-0.39, 0.29) is 17.6 Å². The molecule has 2 aliphatic rings. The minimum absolute atomic E-state index is 0.0854. The van der Waals surface area contributed by atoms with E-state index in [9.17, 15) is 14.7 Å². The number of carbonyl (C=O) groups is 1. The van der Waals surface area contributed by atoms with E-state index in [0.29, 0.717) is 24.2 Å². The molecule has 140 valence electrons. The third kappa shape index (κ3) is 3.47. The second kappa shape index (κ2) is 7.19. The molecule has 2 aromatic rings. The van der Waals surface area contributed by atoms with Crippen LogP contribution in [0, 0.1) is 0 Å². The first-order chi connectivity index (χ1) is 13.5. The first kappa shape index (κ1) is 17.8. The van der Waals surface area contributed by atoms with Crippen LogP contribution in [0.2, 0.25) is 0 Å². The summed E-state index contributed by atoms with van der Waals surface area (Å²) in [7, 11) is 0. The normalized spacial score (nSPS) is 11.1. The minimum atomic E-state index is -0.800. The van der Waals surface area contributed by atoms with Crippen molar-refractivity contribution in [2.45, 2.75) is 19.3 Å². The molecule has 0 unspecified atom stereocenters. The summed E-state index contributed by atoms with van der Waals surface area (Å²) in [5, 5.41) is 19.5. The molecule has 0 spiro atoms. The van der Waals surface area contributed by atoms with Crippen LogP contribution < -0.4 is 5.43 Å². The Labute approximate surface area is 160 Å². The van der Waals surface area contributed by atoms with Crippen molar-refractivity contribution in [3.8, 4) is 28.2 Å². The predicted octanol–water partition coefficient (Wildman–Crippen LogP) is 4.68. The molecule has 0 saturated heterocycles. The lowest BCUT2D eigenvalue weighted by molar-refractivity contribution is -0.137. The molecule has 0 aromatic heterocycles. The van der Waals surface area contributed by atoms with E-state index >= 15 is 0 Å². The van der Waals surface area contributed by atoms with Gasteiger partial charge in [-0.05, 0) is 48.2 Å². The van der Waals surface area contributed by atoms with Gasteiger partial charge in [-0.25, -0.2) is 0 Å². The number of aryl methyl sites for hydroxylation is 1. The fourth-order valence-electron chi connectivity index (χ4n) is 3.50. The molecule has 4 rings (SSSR count). The lowest BCUT2D eigenvalue weighted by atomic mass is 9.92. The maximum Gasteiger partial charge on any atom is 0.303 e. The molecule has 5 heteroatoms. The Morgan fingerprint density at radius 1 is 1.00 bits per heavy atom. The number of rotatable bonds is 5. The number of aromatic hydroxyl groups is 1. The van der Waals surface area contributed by atoms with Gasteiger partial charge >= 0.3 is 5.97 Å². The second-order valence-corrected chi connectivity index (χ2v) is 6.76. The Morgan fingerprint density at radius 2 is 1.86 bits per heavy atom. The molecule has 28 heavy (non-hydrogen) atoms. The summed E-state index contributed by atoms with van der Waals surface area (Å²) in [6.45, 7) is 0. The predicted molar refractivity (Wildman–Crippen MR) is 107 cm³/mol. The topological polar surface area (TPSA) is 87.7 Å². The number of carboxylic acids is 1. The molecular formula is C23H18O5. The summed E-state index contributed by atoms with van der Waals surface area (Å²) in [6, 6.07) is 17.6. The van der Waals surface area contributed by atoms with Crippen molar-refractivity contribution >= 4 is 16.9 Å². The average molecular weight is 374 g/mol. The van der Waals surface area contributed by atoms with Gasteiger partial charge in [0.1, 0.15) is 17.1 Å². The number of fused-ring (bicyclic) bond motifs is 2. The number of benzene rings is 3. The van der Waals surface area contributed by atoms with E-state index in [0.717, 1.165) is 27.6 Å². The van der Waals surface area contributed by atoms with E-state index in [1.807, 2.05) is 24.3 Å².